The van der Waals surface area contributed by atoms with Crippen molar-refractivity contribution >= 4 is 24.4 Å². The van der Waals surface area contributed by atoms with Crippen LogP contribution < -0.4 is 20.9 Å². The Hall–Kier alpha value is -2.82. The number of carbonyl (C=O) groups is 1. The lowest BCUT2D eigenvalue weighted by molar-refractivity contribution is -0.149. The fourth-order valence-corrected chi connectivity index (χ4v) is 6.03. The lowest BCUT2D eigenvalue weighted by atomic mass is 9.93. The molecule has 1 aliphatic rings. The molecule has 0 amide bonds. The number of para-hydroxylation sites is 1. The van der Waals surface area contributed by atoms with Crippen LogP contribution in [-0.4, -0.2) is 62.3 Å². The van der Waals surface area contributed by atoms with Gasteiger partial charge in [-0.2, -0.15) is 0 Å². The number of hydrogen-bond acceptors (Lipinski definition) is 10. The smallest absolute Gasteiger partial charge is 0.330 e. The topological polar surface area (TPSA) is 161 Å². The Balaban J connectivity index is 1.88. The van der Waals surface area contributed by atoms with E-state index in [4.69, 9.17) is 30.3 Å². The van der Waals surface area contributed by atoms with Gasteiger partial charge in [-0.3, -0.25) is 19.1 Å². The summed E-state index contributed by atoms with van der Waals surface area (Å²) in [5.74, 6) is 4.85. The summed E-state index contributed by atoms with van der Waals surface area (Å²) in [7, 11) is 0. The molecule has 6 unspecified atom stereocenters. The van der Waals surface area contributed by atoms with E-state index in [0.29, 0.717) is 5.75 Å². The predicted octanol–water partition coefficient (Wildman–Crippen LogP) is 0.799. The predicted molar refractivity (Wildman–Crippen MR) is 141 cm³/mol. The van der Waals surface area contributed by atoms with Gasteiger partial charge in [-0.1, -0.05) is 24.1 Å². The number of esters is 1. The maximum Gasteiger partial charge on any atom is 0.330 e. The Kier molecular flexibility index (Phi) is 9.67. The Bertz CT molecular complexity index is 1350. The SMILES string of the molecule is CC#CC1(O)C(COP(=S)(NC(C)C(=O)OC(C)C)Oc2ccccc2)OC(n2ccc(=O)[nH]c2=O)C1O. The van der Waals surface area contributed by atoms with Gasteiger partial charge in [0.2, 0.25) is 0 Å². The van der Waals surface area contributed by atoms with Crippen LogP contribution in [-0.2, 0) is 30.6 Å². The quantitative estimate of drug-likeness (QED) is 0.183. The van der Waals surface area contributed by atoms with E-state index in [-0.39, 0.29) is 6.10 Å². The lowest BCUT2D eigenvalue weighted by Gasteiger charge is -2.30. The second-order valence-electron chi connectivity index (χ2n) is 8.71. The van der Waals surface area contributed by atoms with E-state index >= 15 is 0 Å². The van der Waals surface area contributed by atoms with Gasteiger partial charge in [0.25, 0.3) is 5.56 Å². The molecule has 6 atom stereocenters. The summed E-state index contributed by atoms with van der Waals surface area (Å²) in [6, 6.07) is 8.69. The zero-order valence-electron chi connectivity index (χ0n) is 21.2. The van der Waals surface area contributed by atoms with Crippen molar-refractivity contribution in [3.8, 4) is 17.6 Å². The summed E-state index contributed by atoms with van der Waals surface area (Å²) in [6.07, 6.45) is -3.64. The average Bonchev–Trinajstić information content (AvgIpc) is 3.08. The third kappa shape index (κ3) is 6.98. The fourth-order valence-electron chi connectivity index (χ4n) is 3.62. The summed E-state index contributed by atoms with van der Waals surface area (Å²) >= 11 is 5.67. The molecule has 1 aliphatic heterocycles. The van der Waals surface area contributed by atoms with Crippen LogP contribution in [0.5, 0.6) is 5.75 Å². The molecule has 2 heterocycles. The largest absolute Gasteiger partial charge is 0.462 e. The van der Waals surface area contributed by atoms with Gasteiger partial charge in [0.05, 0.1) is 12.7 Å². The third-order valence-corrected chi connectivity index (χ3v) is 7.89. The minimum Gasteiger partial charge on any atom is -0.462 e. The van der Waals surface area contributed by atoms with Crippen molar-refractivity contribution in [3.63, 3.8) is 0 Å². The van der Waals surface area contributed by atoms with Crippen LogP contribution in [0.3, 0.4) is 0 Å². The molecular weight excluding hydrogens is 537 g/mol. The first kappa shape index (κ1) is 29.7. The molecule has 0 radical (unpaired) electrons. The summed E-state index contributed by atoms with van der Waals surface area (Å²) < 4.78 is 23.8. The number of ether oxygens (including phenoxy) is 2. The van der Waals surface area contributed by atoms with E-state index in [9.17, 15) is 24.6 Å². The fraction of sp³-hybridized carbons (Fsp3) is 0.458. The minimum absolute atomic E-state index is 0.357. The monoisotopic (exact) mass is 567 g/mol. The number of H-pyrrole nitrogens is 1. The molecule has 38 heavy (non-hydrogen) atoms. The van der Waals surface area contributed by atoms with Crippen molar-refractivity contribution in [2.24, 2.45) is 0 Å². The molecular formula is C24H30N3O9PS. The molecule has 12 nitrogen and oxygen atoms in total. The van der Waals surface area contributed by atoms with Gasteiger partial charge in [-0.15, -0.1) is 5.92 Å². The van der Waals surface area contributed by atoms with Gasteiger partial charge >= 0.3 is 18.3 Å². The number of aliphatic hydroxyl groups excluding tert-OH is 1. The molecule has 3 rings (SSSR count). The highest BCUT2D eigenvalue weighted by Gasteiger charge is 2.56. The molecule has 1 saturated heterocycles. The first-order valence-corrected chi connectivity index (χ1v) is 14.3. The van der Waals surface area contributed by atoms with E-state index < -0.39 is 60.5 Å². The van der Waals surface area contributed by atoms with Crippen LogP contribution >= 0.6 is 6.64 Å². The number of hydrogen-bond donors (Lipinski definition) is 4. The number of benzene rings is 1. The van der Waals surface area contributed by atoms with E-state index in [0.717, 1.165) is 16.8 Å². The van der Waals surface area contributed by atoms with E-state index in [2.05, 4.69) is 21.9 Å². The van der Waals surface area contributed by atoms with E-state index in [1.165, 1.54) is 13.8 Å². The van der Waals surface area contributed by atoms with Crippen molar-refractivity contribution in [3.05, 3.63) is 63.4 Å². The van der Waals surface area contributed by atoms with Crippen molar-refractivity contribution in [1.82, 2.24) is 14.6 Å². The molecule has 0 spiro atoms. The van der Waals surface area contributed by atoms with E-state index in [1.807, 2.05) is 0 Å². The van der Waals surface area contributed by atoms with Crippen molar-refractivity contribution in [2.45, 2.75) is 63.9 Å². The third-order valence-electron chi connectivity index (χ3n) is 5.39. The Labute approximate surface area is 224 Å². The molecule has 1 fully saturated rings. The standard InChI is InChI=1S/C24H30N3O9PS/c1-5-12-24(32)18(35-21(20(24)29)27-13-11-19(28)25-23(27)31)14-33-37(38,36-17-9-7-6-8-10-17)26-16(4)22(30)34-15(2)3/h6-11,13,15-16,18,20-21,29,32H,14H2,1-4H3,(H,26,38)(H,25,28,31). The number of nitrogens with one attached hydrogen (secondary N) is 2. The maximum absolute atomic E-state index is 12.4. The highest BCUT2D eigenvalue weighted by molar-refractivity contribution is 8.09. The van der Waals surface area contributed by atoms with Crippen molar-refractivity contribution in [2.75, 3.05) is 6.61 Å². The van der Waals surface area contributed by atoms with Gasteiger partial charge in [0, 0.05) is 12.3 Å². The average molecular weight is 568 g/mol. The van der Waals surface area contributed by atoms with Crippen LogP contribution in [0.1, 0.15) is 33.9 Å². The second kappa shape index (κ2) is 12.4. The van der Waals surface area contributed by atoms with Crippen molar-refractivity contribution < 1.29 is 33.5 Å². The first-order chi connectivity index (χ1) is 17.9. The Morgan fingerprint density at radius 3 is 2.58 bits per heavy atom. The molecule has 206 valence electrons. The van der Waals surface area contributed by atoms with Crippen LogP contribution in [0.2, 0.25) is 0 Å². The molecule has 0 saturated carbocycles. The molecule has 1 aromatic carbocycles. The Morgan fingerprint density at radius 2 is 1.97 bits per heavy atom. The van der Waals surface area contributed by atoms with Crippen LogP contribution in [0.15, 0.2) is 52.2 Å². The van der Waals surface area contributed by atoms with Gasteiger partial charge < -0.3 is 28.7 Å². The summed E-state index contributed by atoms with van der Waals surface area (Å²) in [6.45, 7) is 2.46. The van der Waals surface area contributed by atoms with Gasteiger partial charge in [-0.05, 0) is 51.6 Å². The van der Waals surface area contributed by atoms with E-state index in [1.54, 1.807) is 44.2 Å². The van der Waals surface area contributed by atoms with Crippen molar-refractivity contribution in [1.29, 1.82) is 0 Å². The molecule has 0 aliphatic carbocycles. The number of aliphatic hydroxyl groups is 2. The molecule has 4 N–H and O–H groups in total. The molecule has 0 bridgehead atoms. The number of aromatic nitrogens is 2. The summed E-state index contributed by atoms with van der Waals surface area (Å²) in [5.41, 5.74) is -3.67. The first-order valence-electron chi connectivity index (χ1n) is 11.7. The summed E-state index contributed by atoms with van der Waals surface area (Å²) in [5, 5.41) is 25.1. The van der Waals surface area contributed by atoms with Gasteiger partial charge in [-0.25, -0.2) is 9.88 Å². The highest BCUT2D eigenvalue weighted by Crippen LogP contribution is 2.47. The normalized spacial score (nSPS) is 25.2. The van der Waals surface area contributed by atoms with Crippen LogP contribution in [0.25, 0.3) is 0 Å². The zero-order valence-corrected chi connectivity index (χ0v) is 22.9. The lowest BCUT2D eigenvalue weighted by Crippen LogP contribution is -2.49. The number of carbonyl (C=O) groups excluding carboxylic acids is 1. The molecule has 1 aromatic heterocycles. The number of nitrogens with zero attached hydrogens (tertiary/aromatic N) is 1. The van der Waals surface area contributed by atoms with Crippen LogP contribution in [0.4, 0.5) is 0 Å². The zero-order chi connectivity index (χ0) is 28.1. The highest BCUT2D eigenvalue weighted by atomic mass is 32.5. The van der Waals surface area contributed by atoms with Gasteiger partial charge in [0.15, 0.2) is 11.8 Å². The minimum atomic E-state index is -3.50. The molecule has 2 aromatic rings. The molecule has 14 heteroatoms. The Morgan fingerprint density at radius 1 is 1.29 bits per heavy atom. The van der Waals surface area contributed by atoms with Crippen LogP contribution in [0, 0.1) is 11.8 Å². The number of rotatable bonds is 10. The summed E-state index contributed by atoms with van der Waals surface area (Å²) in [4.78, 5) is 38.3. The maximum atomic E-state index is 12.4. The second-order valence-corrected chi connectivity index (χ2v) is 11.8. The van der Waals surface area contributed by atoms with Gasteiger partial charge in [0.1, 0.15) is 24.0 Å². The number of aromatic amines is 1.